The summed E-state index contributed by atoms with van der Waals surface area (Å²) >= 11 is 11.9. The third-order valence-corrected chi connectivity index (χ3v) is 7.21. The van der Waals surface area contributed by atoms with E-state index in [2.05, 4.69) is 10.0 Å². The number of ether oxygens (including phenoxy) is 1. The van der Waals surface area contributed by atoms with Gasteiger partial charge in [-0.1, -0.05) is 36.0 Å². The van der Waals surface area contributed by atoms with E-state index in [-0.39, 0.29) is 23.3 Å². The lowest BCUT2D eigenvalue weighted by atomic mass is 10.2. The molecular formula is C22H26Cl2N2O4S. The Hall–Kier alpha value is -1.80. The van der Waals surface area contributed by atoms with Crippen molar-refractivity contribution in [1.29, 1.82) is 0 Å². The number of amides is 1. The number of hydrogen-bond acceptors (Lipinski definition) is 4. The van der Waals surface area contributed by atoms with Crippen LogP contribution in [0.1, 0.15) is 44.1 Å². The second-order valence-electron chi connectivity index (χ2n) is 7.65. The molecule has 0 aliphatic heterocycles. The van der Waals surface area contributed by atoms with Crippen molar-refractivity contribution < 1.29 is 17.9 Å². The molecule has 2 N–H and O–H groups in total. The van der Waals surface area contributed by atoms with Gasteiger partial charge >= 0.3 is 0 Å². The summed E-state index contributed by atoms with van der Waals surface area (Å²) in [6.45, 7) is 2.10. The molecule has 1 aliphatic carbocycles. The Bertz CT molecular complexity index is 1040. The van der Waals surface area contributed by atoms with Crippen molar-refractivity contribution in [3.63, 3.8) is 0 Å². The summed E-state index contributed by atoms with van der Waals surface area (Å²) in [5.74, 6) is 0.346. The van der Waals surface area contributed by atoms with Crippen LogP contribution in [0.15, 0.2) is 41.3 Å². The molecule has 3 rings (SSSR count). The smallest absolute Gasteiger partial charge is 0.240 e. The minimum atomic E-state index is -3.56. The SMILES string of the molecule is Cc1cc(S(=O)(=O)NC2CCCC2)ccc1NC(=O)CCCOc1ccc(Cl)cc1Cl. The second-order valence-corrected chi connectivity index (χ2v) is 10.2. The Balaban J connectivity index is 1.49. The first-order valence-electron chi connectivity index (χ1n) is 10.3. The fraction of sp³-hybridized carbons (Fsp3) is 0.409. The number of carbonyl (C=O) groups is 1. The highest BCUT2D eigenvalue weighted by Crippen LogP contribution is 2.28. The minimum Gasteiger partial charge on any atom is -0.492 e. The monoisotopic (exact) mass is 484 g/mol. The molecule has 0 aromatic heterocycles. The Morgan fingerprint density at radius 2 is 1.87 bits per heavy atom. The third-order valence-electron chi connectivity index (χ3n) is 5.16. The Morgan fingerprint density at radius 3 is 2.55 bits per heavy atom. The zero-order valence-electron chi connectivity index (χ0n) is 17.3. The lowest BCUT2D eigenvalue weighted by molar-refractivity contribution is -0.116. The molecule has 0 atom stereocenters. The number of aryl methyl sites for hydroxylation is 1. The standard InChI is InChI=1S/C22H26Cl2N2O4S/c1-15-13-18(31(28,29)26-17-5-2-3-6-17)9-10-20(15)25-22(27)7-4-12-30-21-11-8-16(23)14-19(21)24/h8-11,13-14,17,26H,2-7,12H2,1H3,(H,25,27). The maximum Gasteiger partial charge on any atom is 0.240 e. The van der Waals surface area contributed by atoms with Gasteiger partial charge in [-0.05, 0) is 68.1 Å². The van der Waals surface area contributed by atoms with Crippen LogP contribution in [0.2, 0.25) is 10.0 Å². The maximum absolute atomic E-state index is 12.6. The van der Waals surface area contributed by atoms with E-state index in [1.807, 2.05) is 0 Å². The van der Waals surface area contributed by atoms with Crippen LogP contribution in [0.3, 0.4) is 0 Å². The molecule has 0 unspecified atom stereocenters. The number of nitrogens with one attached hydrogen (secondary N) is 2. The lowest BCUT2D eigenvalue weighted by Gasteiger charge is -2.14. The van der Waals surface area contributed by atoms with Crippen LogP contribution in [0.25, 0.3) is 0 Å². The number of benzene rings is 2. The van der Waals surface area contributed by atoms with E-state index in [1.165, 1.54) is 6.07 Å². The third kappa shape index (κ3) is 6.84. The van der Waals surface area contributed by atoms with Gasteiger partial charge in [0.05, 0.1) is 16.5 Å². The summed E-state index contributed by atoms with van der Waals surface area (Å²) < 4.78 is 33.5. The molecule has 0 heterocycles. The largest absolute Gasteiger partial charge is 0.492 e. The van der Waals surface area contributed by atoms with Crippen LogP contribution in [-0.4, -0.2) is 27.0 Å². The van der Waals surface area contributed by atoms with E-state index in [9.17, 15) is 13.2 Å². The van der Waals surface area contributed by atoms with Crippen molar-refractivity contribution in [1.82, 2.24) is 4.72 Å². The summed E-state index contributed by atoms with van der Waals surface area (Å²) in [5.41, 5.74) is 1.28. The van der Waals surface area contributed by atoms with E-state index in [4.69, 9.17) is 27.9 Å². The topological polar surface area (TPSA) is 84.5 Å². The van der Waals surface area contributed by atoms with Crippen LogP contribution >= 0.6 is 23.2 Å². The highest BCUT2D eigenvalue weighted by molar-refractivity contribution is 7.89. The first-order valence-corrected chi connectivity index (χ1v) is 12.5. The molecule has 168 valence electrons. The normalized spacial score (nSPS) is 14.5. The van der Waals surface area contributed by atoms with Crippen molar-refractivity contribution in [3.05, 3.63) is 52.0 Å². The van der Waals surface area contributed by atoms with Crippen molar-refractivity contribution in [2.24, 2.45) is 0 Å². The van der Waals surface area contributed by atoms with E-state index >= 15 is 0 Å². The lowest BCUT2D eigenvalue weighted by Crippen LogP contribution is -2.32. The fourth-order valence-electron chi connectivity index (χ4n) is 3.49. The van der Waals surface area contributed by atoms with Crippen LogP contribution < -0.4 is 14.8 Å². The fourth-order valence-corrected chi connectivity index (χ4v) is 5.35. The van der Waals surface area contributed by atoms with Gasteiger partial charge in [-0.15, -0.1) is 0 Å². The molecule has 1 saturated carbocycles. The maximum atomic E-state index is 12.6. The number of halogens is 2. The molecule has 9 heteroatoms. The molecular weight excluding hydrogens is 459 g/mol. The zero-order valence-corrected chi connectivity index (χ0v) is 19.6. The van der Waals surface area contributed by atoms with Gasteiger partial charge in [-0.25, -0.2) is 13.1 Å². The first kappa shape index (κ1) is 23.9. The number of sulfonamides is 1. The molecule has 0 saturated heterocycles. The molecule has 31 heavy (non-hydrogen) atoms. The summed E-state index contributed by atoms with van der Waals surface area (Å²) in [4.78, 5) is 12.5. The van der Waals surface area contributed by atoms with Crippen molar-refractivity contribution in [2.45, 2.75) is 56.4 Å². The van der Waals surface area contributed by atoms with Gasteiger partial charge in [0.15, 0.2) is 0 Å². The minimum absolute atomic E-state index is 0.00894. The van der Waals surface area contributed by atoms with Crippen molar-refractivity contribution in [2.75, 3.05) is 11.9 Å². The molecule has 1 fully saturated rings. The predicted molar refractivity (Wildman–Crippen MR) is 124 cm³/mol. The quantitative estimate of drug-likeness (QED) is 0.471. The van der Waals surface area contributed by atoms with Crippen LogP contribution in [0.5, 0.6) is 5.75 Å². The Kier molecular flexibility index (Phi) is 8.22. The van der Waals surface area contributed by atoms with Crippen LogP contribution in [-0.2, 0) is 14.8 Å². The number of anilines is 1. The van der Waals surface area contributed by atoms with Gasteiger partial charge in [0, 0.05) is 23.2 Å². The summed E-state index contributed by atoms with van der Waals surface area (Å²) in [5, 5.41) is 3.78. The van der Waals surface area contributed by atoms with Gasteiger partial charge in [0.25, 0.3) is 0 Å². The van der Waals surface area contributed by atoms with Crippen molar-refractivity contribution in [3.8, 4) is 5.75 Å². The highest BCUT2D eigenvalue weighted by Gasteiger charge is 2.23. The van der Waals surface area contributed by atoms with E-state index in [0.29, 0.717) is 40.1 Å². The van der Waals surface area contributed by atoms with E-state index < -0.39 is 10.0 Å². The summed E-state index contributed by atoms with van der Waals surface area (Å²) in [7, 11) is -3.56. The Morgan fingerprint density at radius 1 is 1.13 bits per heavy atom. The van der Waals surface area contributed by atoms with Gasteiger partial charge in [0.2, 0.25) is 15.9 Å². The molecule has 1 aliphatic rings. The first-order chi connectivity index (χ1) is 14.7. The predicted octanol–water partition coefficient (Wildman–Crippen LogP) is 5.32. The number of hydrogen-bond donors (Lipinski definition) is 2. The molecule has 1 amide bonds. The van der Waals surface area contributed by atoms with Crippen molar-refractivity contribution >= 4 is 44.8 Å². The molecule has 0 spiro atoms. The zero-order chi connectivity index (χ0) is 22.4. The van der Waals surface area contributed by atoms with Crippen LogP contribution in [0, 0.1) is 6.92 Å². The average Bonchev–Trinajstić information content (AvgIpc) is 3.20. The van der Waals surface area contributed by atoms with Gasteiger partial charge in [-0.2, -0.15) is 0 Å². The highest BCUT2D eigenvalue weighted by atomic mass is 35.5. The molecule has 0 radical (unpaired) electrons. The van der Waals surface area contributed by atoms with E-state index in [0.717, 1.165) is 25.7 Å². The molecule has 6 nitrogen and oxygen atoms in total. The van der Waals surface area contributed by atoms with Gasteiger partial charge in [0.1, 0.15) is 5.75 Å². The second kappa shape index (κ2) is 10.7. The van der Waals surface area contributed by atoms with Crippen LogP contribution in [0.4, 0.5) is 5.69 Å². The molecule has 2 aromatic rings. The van der Waals surface area contributed by atoms with Gasteiger partial charge in [-0.3, -0.25) is 4.79 Å². The summed E-state index contributed by atoms with van der Waals surface area (Å²) in [6, 6.07) is 9.71. The Labute approximate surface area is 193 Å². The number of rotatable bonds is 9. The summed E-state index contributed by atoms with van der Waals surface area (Å²) in [6.07, 6.45) is 4.61. The molecule has 0 bridgehead atoms. The molecule has 2 aromatic carbocycles. The van der Waals surface area contributed by atoms with Gasteiger partial charge < -0.3 is 10.1 Å². The number of carbonyl (C=O) groups excluding carboxylic acids is 1. The van der Waals surface area contributed by atoms with E-state index in [1.54, 1.807) is 37.3 Å². The average molecular weight is 485 g/mol.